The van der Waals surface area contributed by atoms with E-state index in [0.717, 1.165) is 11.1 Å². The molecule has 0 saturated carbocycles. The minimum atomic E-state index is -3.78. The van der Waals surface area contributed by atoms with Gasteiger partial charge in [-0.2, -0.15) is 0 Å². The summed E-state index contributed by atoms with van der Waals surface area (Å²) in [6.07, 6.45) is -0.636. The van der Waals surface area contributed by atoms with Crippen molar-refractivity contribution in [2.45, 2.75) is 54.8 Å². The molecule has 0 aliphatic carbocycles. The first-order chi connectivity index (χ1) is 24.1. The van der Waals surface area contributed by atoms with E-state index < -0.39 is 52.2 Å². The molecule has 0 bridgehead atoms. The number of carbonyl (C=O) groups is 2. The summed E-state index contributed by atoms with van der Waals surface area (Å²) in [5.41, 5.74) is 18.2. The van der Waals surface area contributed by atoms with E-state index in [1.165, 1.54) is 36.4 Å². The molecule has 0 unspecified atom stereocenters. The van der Waals surface area contributed by atoms with E-state index in [1.807, 2.05) is 5.43 Å². The van der Waals surface area contributed by atoms with Crippen LogP contribution < -0.4 is 33.7 Å². The van der Waals surface area contributed by atoms with E-state index >= 15 is 0 Å². The number of nitrogens with one attached hydrogen (secondary N) is 1. The number of sulfone groups is 2. The summed E-state index contributed by atoms with van der Waals surface area (Å²) in [5, 5.41) is 28.5. The second-order valence-electron chi connectivity index (χ2n) is 12.0. The van der Waals surface area contributed by atoms with Crippen molar-refractivity contribution in [3.8, 4) is 0 Å². The number of anilines is 2. The van der Waals surface area contributed by atoms with Gasteiger partial charge in [-0.15, -0.1) is 0 Å². The fourth-order valence-corrected chi connectivity index (χ4v) is 8.93. The number of aliphatic carboxylic acids is 1. The maximum Gasteiger partial charge on any atom is 0.491 e. The maximum atomic E-state index is 12.9. The third-order valence-electron chi connectivity index (χ3n) is 8.15. The summed E-state index contributed by atoms with van der Waals surface area (Å²) in [7, 11) is -9.64. The molecule has 15 nitrogen and oxygen atoms in total. The number of hydrogen-bond acceptors (Lipinski definition) is 13. The van der Waals surface area contributed by atoms with Crippen LogP contribution in [-0.4, -0.2) is 58.1 Å². The molecule has 4 aromatic rings. The Morgan fingerprint density at radius 3 is 1.52 bits per heavy atom. The van der Waals surface area contributed by atoms with Crippen LogP contribution in [0.15, 0.2) is 82.6 Å². The van der Waals surface area contributed by atoms with Crippen LogP contribution in [0.3, 0.4) is 0 Å². The van der Waals surface area contributed by atoms with Crippen LogP contribution in [0.1, 0.15) is 40.8 Å². The van der Waals surface area contributed by atoms with Crippen molar-refractivity contribution < 1.29 is 50.9 Å². The van der Waals surface area contributed by atoms with Crippen molar-refractivity contribution >= 4 is 68.1 Å². The molecular weight excluding hydrogens is 714 g/mol. The number of carboxylic acids is 1. The number of rotatable bonds is 10. The highest BCUT2D eigenvalue weighted by Crippen LogP contribution is 2.26. The lowest BCUT2D eigenvalue weighted by Gasteiger charge is -2.12. The molecule has 2 heterocycles. The molecule has 4 aromatic carbocycles. The van der Waals surface area contributed by atoms with Crippen LogP contribution in [0.5, 0.6) is 0 Å². The second-order valence-corrected chi connectivity index (χ2v) is 15.9. The van der Waals surface area contributed by atoms with Crippen LogP contribution in [0.4, 0.5) is 11.4 Å². The number of benzene rings is 4. The number of carboxylic acid groups (broad SMARTS) is 1. The maximum absolute atomic E-state index is 12.9. The first-order valence-electron chi connectivity index (χ1n) is 15.3. The van der Waals surface area contributed by atoms with Gasteiger partial charge in [-0.05, 0) is 80.7 Å². The molecule has 6 rings (SSSR count). The topological polar surface area (TPSA) is 272 Å². The van der Waals surface area contributed by atoms with Crippen molar-refractivity contribution in [3.05, 3.63) is 106 Å². The third-order valence-corrected chi connectivity index (χ3v) is 11.7. The van der Waals surface area contributed by atoms with Crippen molar-refractivity contribution in [3.63, 3.8) is 0 Å². The molecule has 52 heavy (non-hydrogen) atoms. The average Bonchev–Trinajstić information content (AvgIpc) is 3.61. The molecule has 0 spiro atoms. The Hall–Kier alpha value is -4.75. The summed E-state index contributed by atoms with van der Waals surface area (Å²) >= 11 is 0. The standard InChI is InChI=1S/C16H18BN3O5S.C16H16BNO6S.CH4/c18-13-3-4-15(12(6-13)7-16(21)20-19)26(23,24)9-10-1-2-11-8-25-17(22)14(11)5-10;18-13-3-4-15(12(6-13)7-16(19)20)25(22,23)9-10-1-2-11-8-24-17(21)14(11)5-10;/h1-6,22H,7-9,18-19H2,(H,20,21);1-6,21H,7-9,18H2,(H,19,20);1H4. The minimum absolute atomic E-state index is 0. The summed E-state index contributed by atoms with van der Waals surface area (Å²) < 4.78 is 61.5. The van der Waals surface area contributed by atoms with Gasteiger partial charge in [0.1, 0.15) is 0 Å². The van der Waals surface area contributed by atoms with Crippen LogP contribution >= 0.6 is 0 Å². The van der Waals surface area contributed by atoms with Gasteiger partial charge in [0, 0.05) is 11.4 Å². The lowest BCUT2D eigenvalue weighted by molar-refractivity contribution is -0.136. The Balaban J connectivity index is 0.000000228. The first kappa shape index (κ1) is 40.0. The summed E-state index contributed by atoms with van der Waals surface area (Å²) in [6, 6.07) is 18.4. The quantitative estimate of drug-likeness (QED) is 0.0361. The SMILES string of the molecule is C.NNC(=O)Cc1cc(N)ccc1S(=O)(=O)Cc1ccc2c(c1)B(O)OC2.Nc1ccc(S(=O)(=O)Cc2ccc3c(c2)B(O)OC3)c(CC(=O)O)c1. The zero-order chi connectivity index (χ0) is 37.1. The van der Waals surface area contributed by atoms with E-state index in [0.29, 0.717) is 40.0 Å². The smallest absolute Gasteiger partial charge is 0.481 e. The fourth-order valence-electron chi connectivity index (χ4n) is 5.77. The summed E-state index contributed by atoms with van der Waals surface area (Å²) in [5.74, 6) is 2.83. The molecule has 0 radical (unpaired) electrons. The van der Waals surface area contributed by atoms with Crippen LogP contribution in [0.2, 0.25) is 0 Å². The molecule has 1 amide bonds. The Bertz CT molecular complexity index is 2220. The Labute approximate surface area is 301 Å². The largest absolute Gasteiger partial charge is 0.491 e. The Morgan fingerprint density at radius 2 is 1.12 bits per heavy atom. The van der Waals surface area contributed by atoms with E-state index in [4.69, 9.17) is 31.7 Å². The van der Waals surface area contributed by atoms with Gasteiger partial charge < -0.3 is 35.9 Å². The van der Waals surface area contributed by atoms with Crippen molar-refractivity contribution in [1.29, 1.82) is 0 Å². The molecule has 2 aliphatic rings. The molecule has 0 atom stereocenters. The van der Waals surface area contributed by atoms with Gasteiger partial charge in [-0.3, -0.25) is 15.0 Å². The second kappa shape index (κ2) is 16.3. The van der Waals surface area contributed by atoms with Gasteiger partial charge in [0.15, 0.2) is 19.7 Å². The van der Waals surface area contributed by atoms with Crippen LogP contribution in [0.25, 0.3) is 0 Å². The number of hydrazine groups is 1. The van der Waals surface area contributed by atoms with Gasteiger partial charge >= 0.3 is 20.2 Å². The van der Waals surface area contributed by atoms with Crippen LogP contribution in [0, 0.1) is 0 Å². The Morgan fingerprint density at radius 1 is 0.692 bits per heavy atom. The highest BCUT2D eigenvalue weighted by atomic mass is 32.2. The summed E-state index contributed by atoms with van der Waals surface area (Å²) in [6.45, 7) is 0.574. The van der Waals surface area contributed by atoms with Gasteiger partial charge in [-0.25, -0.2) is 22.7 Å². The molecule has 19 heteroatoms. The number of nitrogens with two attached hydrogens (primary N) is 3. The van der Waals surface area contributed by atoms with E-state index in [9.17, 15) is 36.5 Å². The lowest BCUT2D eigenvalue weighted by Crippen LogP contribution is -2.31. The van der Waals surface area contributed by atoms with E-state index in [1.54, 1.807) is 36.4 Å². The van der Waals surface area contributed by atoms with Crippen molar-refractivity contribution in [2.24, 2.45) is 5.84 Å². The highest BCUT2D eigenvalue weighted by Gasteiger charge is 2.30. The van der Waals surface area contributed by atoms with Crippen molar-refractivity contribution in [2.75, 3.05) is 11.5 Å². The number of amides is 1. The molecule has 0 saturated heterocycles. The zero-order valence-corrected chi connectivity index (χ0v) is 28.6. The average molecular weight is 752 g/mol. The van der Waals surface area contributed by atoms with Gasteiger partial charge in [-0.1, -0.05) is 43.8 Å². The van der Waals surface area contributed by atoms with E-state index in [2.05, 4.69) is 0 Å². The molecular formula is C33H38B2N4O11S2. The number of carbonyl (C=O) groups excluding carboxylic acids is 1. The van der Waals surface area contributed by atoms with Gasteiger partial charge in [0.25, 0.3) is 0 Å². The van der Waals surface area contributed by atoms with Gasteiger partial charge in [0.2, 0.25) is 5.91 Å². The predicted molar refractivity (Wildman–Crippen MR) is 195 cm³/mol. The minimum Gasteiger partial charge on any atom is -0.481 e. The first-order valence-corrected chi connectivity index (χ1v) is 18.6. The molecule has 0 aromatic heterocycles. The normalized spacial score (nSPS) is 13.4. The monoisotopic (exact) mass is 752 g/mol. The third kappa shape index (κ3) is 9.37. The predicted octanol–water partition coefficient (Wildman–Crippen LogP) is -0.284. The van der Waals surface area contributed by atoms with Gasteiger partial charge in [0.05, 0.1) is 47.4 Å². The van der Waals surface area contributed by atoms with Crippen molar-refractivity contribution in [1.82, 2.24) is 5.43 Å². The molecule has 2 aliphatic heterocycles. The summed E-state index contributed by atoms with van der Waals surface area (Å²) in [4.78, 5) is 22.6. The molecule has 10 N–H and O–H groups in total. The zero-order valence-electron chi connectivity index (χ0n) is 27.0. The Kier molecular flexibility index (Phi) is 12.5. The molecule has 0 fully saturated rings. The van der Waals surface area contributed by atoms with Crippen LogP contribution in [-0.2, 0) is 76.1 Å². The van der Waals surface area contributed by atoms with E-state index in [-0.39, 0.29) is 52.9 Å². The lowest BCUT2D eigenvalue weighted by atomic mass is 9.79. The number of nitrogen functional groups attached to an aromatic ring is 2. The fraction of sp³-hybridized carbons (Fsp3) is 0.212. The molecule has 274 valence electrons. The highest BCUT2D eigenvalue weighted by molar-refractivity contribution is 7.91. The number of fused-ring (bicyclic) bond motifs is 2. The number of hydrogen-bond donors (Lipinski definition) is 7.